The van der Waals surface area contributed by atoms with Gasteiger partial charge in [0.2, 0.25) is 11.8 Å². The highest BCUT2D eigenvalue weighted by molar-refractivity contribution is 5.84. The molecule has 0 bridgehead atoms. The van der Waals surface area contributed by atoms with Crippen molar-refractivity contribution in [3.63, 3.8) is 0 Å². The van der Waals surface area contributed by atoms with Crippen LogP contribution in [-0.2, 0) is 16.0 Å². The maximum atomic E-state index is 12.4. The predicted octanol–water partition coefficient (Wildman–Crippen LogP) is 2.62. The molecule has 1 aromatic carbocycles. The van der Waals surface area contributed by atoms with E-state index in [2.05, 4.69) is 29.6 Å². The molecule has 4 heteroatoms. The van der Waals surface area contributed by atoms with E-state index in [1.165, 1.54) is 37.3 Å². The number of nitrogens with zero attached hydrogens (tertiary/aromatic N) is 1. The topological polar surface area (TPSA) is 49.4 Å². The van der Waals surface area contributed by atoms with Gasteiger partial charge in [-0.1, -0.05) is 24.3 Å². The summed E-state index contributed by atoms with van der Waals surface area (Å²) >= 11 is 0. The number of nitrogens with one attached hydrogen (secondary N) is 1. The molecule has 1 aromatic rings. The van der Waals surface area contributed by atoms with Crippen molar-refractivity contribution < 1.29 is 9.59 Å². The largest absolute Gasteiger partial charge is 0.347 e. The van der Waals surface area contributed by atoms with E-state index in [0.717, 1.165) is 25.8 Å². The number of aryl methyl sites for hydroxylation is 1. The molecule has 1 fully saturated rings. The molecule has 4 nitrogen and oxygen atoms in total. The van der Waals surface area contributed by atoms with Crippen molar-refractivity contribution in [3.8, 4) is 0 Å². The third-order valence-corrected chi connectivity index (χ3v) is 5.24. The molecule has 124 valence electrons. The van der Waals surface area contributed by atoms with E-state index in [-0.39, 0.29) is 18.4 Å². The number of hydrogen-bond acceptors (Lipinski definition) is 2. The van der Waals surface area contributed by atoms with Crippen LogP contribution in [0.2, 0.25) is 0 Å². The molecule has 23 heavy (non-hydrogen) atoms. The van der Waals surface area contributed by atoms with Gasteiger partial charge in [0.1, 0.15) is 0 Å². The minimum atomic E-state index is -0.143. The molecule has 0 aromatic heterocycles. The van der Waals surface area contributed by atoms with Crippen molar-refractivity contribution in [3.05, 3.63) is 35.4 Å². The SMILES string of the molecule is CC(=O)NCC(=O)N1CCC[C@@H]1C[C@H]1CCCc2ccccc21. The number of hydrogen-bond donors (Lipinski definition) is 1. The van der Waals surface area contributed by atoms with E-state index >= 15 is 0 Å². The summed E-state index contributed by atoms with van der Waals surface area (Å²) in [7, 11) is 0. The molecule has 1 heterocycles. The fraction of sp³-hybridized carbons (Fsp3) is 0.579. The van der Waals surface area contributed by atoms with Crippen LogP contribution in [0.1, 0.15) is 56.1 Å². The maximum Gasteiger partial charge on any atom is 0.242 e. The molecular formula is C19H26N2O2. The van der Waals surface area contributed by atoms with E-state index in [1.54, 1.807) is 0 Å². The average Bonchev–Trinajstić information content (AvgIpc) is 3.01. The second-order valence-corrected chi connectivity index (χ2v) is 6.82. The summed E-state index contributed by atoms with van der Waals surface area (Å²) in [6.07, 6.45) is 6.87. The number of carbonyl (C=O) groups excluding carboxylic acids is 2. The van der Waals surface area contributed by atoms with E-state index < -0.39 is 0 Å². The first-order valence-corrected chi connectivity index (χ1v) is 8.77. The van der Waals surface area contributed by atoms with Crippen LogP contribution < -0.4 is 5.32 Å². The van der Waals surface area contributed by atoms with E-state index in [4.69, 9.17) is 0 Å². The molecule has 1 saturated heterocycles. The second kappa shape index (κ2) is 7.16. The Bertz CT molecular complexity index is 584. The van der Waals surface area contributed by atoms with Crippen LogP contribution in [0.5, 0.6) is 0 Å². The first kappa shape index (κ1) is 16.0. The quantitative estimate of drug-likeness (QED) is 0.929. The van der Waals surface area contributed by atoms with Gasteiger partial charge in [0.25, 0.3) is 0 Å². The first-order valence-electron chi connectivity index (χ1n) is 8.77. The van der Waals surface area contributed by atoms with Gasteiger partial charge >= 0.3 is 0 Å². The lowest BCUT2D eigenvalue weighted by Crippen LogP contribution is -2.42. The van der Waals surface area contributed by atoms with Crippen molar-refractivity contribution in [2.45, 2.75) is 57.4 Å². The Morgan fingerprint density at radius 3 is 2.87 bits per heavy atom. The number of rotatable bonds is 4. The Morgan fingerprint density at radius 2 is 2.04 bits per heavy atom. The lowest BCUT2D eigenvalue weighted by Gasteiger charge is -2.31. The summed E-state index contributed by atoms with van der Waals surface area (Å²) < 4.78 is 0. The van der Waals surface area contributed by atoms with Gasteiger partial charge in [0.15, 0.2) is 0 Å². The van der Waals surface area contributed by atoms with Crippen LogP contribution in [0.25, 0.3) is 0 Å². The molecule has 0 unspecified atom stereocenters. The molecule has 0 spiro atoms. The molecule has 2 atom stereocenters. The van der Waals surface area contributed by atoms with Crippen molar-refractivity contribution in [1.82, 2.24) is 10.2 Å². The smallest absolute Gasteiger partial charge is 0.242 e. The fourth-order valence-electron chi connectivity index (χ4n) is 4.14. The Labute approximate surface area is 138 Å². The minimum absolute atomic E-state index is 0.0618. The van der Waals surface area contributed by atoms with Crippen molar-refractivity contribution >= 4 is 11.8 Å². The molecule has 0 radical (unpaired) electrons. The van der Waals surface area contributed by atoms with Gasteiger partial charge in [-0.3, -0.25) is 9.59 Å². The summed E-state index contributed by atoms with van der Waals surface area (Å²) in [4.78, 5) is 25.4. The standard InChI is InChI=1S/C19H26N2O2/c1-14(22)20-13-19(23)21-11-5-9-17(21)12-16-8-4-7-15-6-2-3-10-18(15)16/h2-3,6,10,16-17H,4-5,7-9,11-13H2,1H3,(H,20,22)/t16-,17-/m1/s1. The van der Waals surface area contributed by atoms with Crippen LogP contribution in [0.3, 0.4) is 0 Å². The van der Waals surface area contributed by atoms with Crippen LogP contribution in [-0.4, -0.2) is 35.8 Å². The Hall–Kier alpha value is -1.84. The Morgan fingerprint density at radius 1 is 1.22 bits per heavy atom. The summed E-state index contributed by atoms with van der Waals surface area (Å²) in [5.41, 5.74) is 2.97. The summed E-state index contributed by atoms with van der Waals surface area (Å²) in [6.45, 7) is 2.41. The molecule has 2 aliphatic rings. The normalized spacial score (nSPS) is 23.4. The third-order valence-electron chi connectivity index (χ3n) is 5.24. The molecule has 2 amide bonds. The lowest BCUT2D eigenvalue weighted by atomic mass is 9.79. The van der Waals surface area contributed by atoms with Crippen molar-refractivity contribution in [2.24, 2.45) is 0 Å². The summed E-state index contributed by atoms with van der Waals surface area (Å²) in [5.74, 6) is 0.487. The molecular weight excluding hydrogens is 288 g/mol. The van der Waals surface area contributed by atoms with E-state index in [0.29, 0.717) is 12.0 Å². The van der Waals surface area contributed by atoms with Gasteiger partial charge in [-0.15, -0.1) is 0 Å². The summed E-state index contributed by atoms with van der Waals surface area (Å²) in [5, 5.41) is 2.63. The second-order valence-electron chi connectivity index (χ2n) is 6.82. The number of fused-ring (bicyclic) bond motifs is 1. The average molecular weight is 314 g/mol. The third kappa shape index (κ3) is 3.74. The Kier molecular flexibility index (Phi) is 4.99. The van der Waals surface area contributed by atoms with E-state index in [9.17, 15) is 9.59 Å². The fourth-order valence-corrected chi connectivity index (χ4v) is 4.14. The first-order chi connectivity index (χ1) is 11.1. The van der Waals surface area contributed by atoms with Gasteiger partial charge in [-0.25, -0.2) is 0 Å². The van der Waals surface area contributed by atoms with Crippen LogP contribution in [0.15, 0.2) is 24.3 Å². The number of amides is 2. The van der Waals surface area contributed by atoms with Crippen molar-refractivity contribution in [1.29, 1.82) is 0 Å². The number of benzene rings is 1. The zero-order valence-corrected chi connectivity index (χ0v) is 13.9. The minimum Gasteiger partial charge on any atom is -0.347 e. The number of carbonyl (C=O) groups is 2. The molecule has 0 saturated carbocycles. The van der Waals surface area contributed by atoms with Crippen molar-refractivity contribution in [2.75, 3.05) is 13.1 Å². The van der Waals surface area contributed by atoms with Gasteiger partial charge < -0.3 is 10.2 Å². The molecule has 1 aliphatic heterocycles. The van der Waals surface area contributed by atoms with Crippen LogP contribution >= 0.6 is 0 Å². The predicted molar refractivity (Wildman–Crippen MR) is 90.2 cm³/mol. The van der Waals surface area contributed by atoms with Gasteiger partial charge in [-0.2, -0.15) is 0 Å². The number of likely N-dealkylation sites (tertiary alicyclic amines) is 1. The zero-order valence-electron chi connectivity index (χ0n) is 13.9. The molecule has 1 N–H and O–H groups in total. The highest BCUT2D eigenvalue weighted by Crippen LogP contribution is 2.37. The maximum absolute atomic E-state index is 12.4. The highest BCUT2D eigenvalue weighted by Gasteiger charge is 2.32. The Balaban J connectivity index is 1.65. The molecule has 1 aliphatic carbocycles. The van der Waals surface area contributed by atoms with Crippen LogP contribution in [0, 0.1) is 0 Å². The zero-order chi connectivity index (χ0) is 16.2. The monoisotopic (exact) mass is 314 g/mol. The highest BCUT2D eigenvalue weighted by atomic mass is 16.2. The van der Waals surface area contributed by atoms with E-state index in [1.807, 2.05) is 4.90 Å². The van der Waals surface area contributed by atoms with Crippen LogP contribution in [0.4, 0.5) is 0 Å². The lowest BCUT2D eigenvalue weighted by molar-refractivity contribution is -0.133. The van der Waals surface area contributed by atoms with Gasteiger partial charge in [-0.05, 0) is 55.6 Å². The van der Waals surface area contributed by atoms with Gasteiger partial charge in [0, 0.05) is 19.5 Å². The van der Waals surface area contributed by atoms with Gasteiger partial charge in [0.05, 0.1) is 6.54 Å². The summed E-state index contributed by atoms with van der Waals surface area (Å²) in [6, 6.07) is 9.09. The molecule has 3 rings (SSSR count).